The van der Waals surface area contributed by atoms with Gasteiger partial charge < -0.3 is 5.32 Å². The molecule has 1 heterocycles. The van der Waals surface area contributed by atoms with Crippen molar-refractivity contribution in [3.8, 4) is 0 Å². The second-order valence-corrected chi connectivity index (χ2v) is 6.73. The summed E-state index contributed by atoms with van der Waals surface area (Å²) in [5, 5.41) is 4.89. The molecule has 1 aliphatic carbocycles. The van der Waals surface area contributed by atoms with Crippen molar-refractivity contribution in [3.05, 3.63) is 64.9 Å². The number of carbonyl (C=O) groups is 1. The predicted molar refractivity (Wildman–Crippen MR) is 97.2 cm³/mol. The van der Waals surface area contributed by atoms with Gasteiger partial charge in [0.25, 0.3) is 0 Å². The zero-order valence-electron chi connectivity index (χ0n) is 14.2. The summed E-state index contributed by atoms with van der Waals surface area (Å²) in [5.74, 6) is 0. The van der Waals surface area contributed by atoms with Crippen molar-refractivity contribution >= 4 is 17.6 Å². The molecule has 0 radical (unpaired) electrons. The Bertz CT molecular complexity index is 720. The lowest BCUT2D eigenvalue weighted by molar-refractivity contribution is -0.0937. The van der Waals surface area contributed by atoms with E-state index in [2.05, 4.69) is 10.3 Å². The first-order chi connectivity index (χ1) is 12.1. The van der Waals surface area contributed by atoms with E-state index in [1.54, 1.807) is 12.3 Å². The second-order valence-electron chi connectivity index (χ2n) is 6.32. The number of hydroxylamine groups is 2. The average Bonchev–Trinajstić information content (AvgIpc) is 2.61. The third-order valence-corrected chi connectivity index (χ3v) is 5.18. The van der Waals surface area contributed by atoms with E-state index in [0.717, 1.165) is 30.5 Å². The summed E-state index contributed by atoms with van der Waals surface area (Å²) in [6.45, 7) is 0.837. The van der Waals surface area contributed by atoms with Gasteiger partial charge >= 0.3 is 6.03 Å². The molecule has 2 aromatic rings. The van der Waals surface area contributed by atoms with Crippen LogP contribution < -0.4 is 5.32 Å². The van der Waals surface area contributed by atoms with Crippen LogP contribution in [0.15, 0.2) is 48.7 Å². The molecular weight excluding hydrogens is 338 g/mol. The molecule has 1 aromatic carbocycles. The van der Waals surface area contributed by atoms with E-state index >= 15 is 0 Å². The van der Waals surface area contributed by atoms with Gasteiger partial charge in [0.15, 0.2) is 0 Å². The van der Waals surface area contributed by atoms with Crippen LogP contribution >= 0.6 is 11.6 Å². The van der Waals surface area contributed by atoms with E-state index in [0.29, 0.717) is 18.1 Å². The largest absolute Gasteiger partial charge is 0.341 e. The van der Waals surface area contributed by atoms with Crippen molar-refractivity contribution in [1.82, 2.24) is 15.4 Å². The molecule has 0 atom stereocenters. The van der Waals surface area contributed by atoms with Crippen LogP contribution in [0.25, 0.3) is 0 Å². The summed E-state index contributed by atoms with van der Waals surface area (Å²) >= 11 is 6.17. The second kappa shape index (κ2) is 7.85. The fourth-order valence-electron chi connectivity index (χ4n) is 3.14. The molecule has 0 unspecified atom stereocenters. The molecule has 3 rings (SSSR count). The molecule has 5 nitrogen and oxygen atoms in total. The first-order valence-electron chi connectivity index (χ1n) is 8.39. The molecule has 0 aliphatic heterocycles. The van der Waals surface area contributed by atoms with E-state index in [4.69, 9.17) is 16.4 Å². The normalized spacial score (nSPS) is 15.3. The zero-order chi connectivity index (χ0) is 17.7. The summed E-state index contributed by atoms with van der Waals surface area (Å²) in [6.07, 6.45) is 5.01. The summed E-state index contributed by atoms with van der Waals surface area (Å²) < 4.78 is 0. The number of nitrogens with one attached hydrogen (secondary N) is 1. The summed E-state index contributed by atoms with van der Waals surface area (Å²) in [5.41, 5.74) is 1.81. The van der Waals surface area contributed by atoms with Crippen LogP contribution in [-0.4, -0.2) is 29.7 Å². The van der Waals surface area contributed by atoms with Crippen LogP contribution in [0.3, 0.4) is 0 Å². The molecule has 1 N–H and O–H groups in total. The molecule has 2 amide bonds. The lowest BCUT2D eigenvalue weighted by atomic mass is 9.66. The van der Waals surface area contributed by atoms with Gasteiger partial charge in [0.1, 0.15) is 0 Å². The first-order valence-corrected chi connectivity index (χ1v) is 8.77. The van der Waals surface area contributed by atoms with E-state index in [1.165, 1.54) is 12.2 Å². The Morgan fingerprint density at radius 3 is 2.64 bits per heavy atom. The quantitative estimate of drug-likeness (QED) is 0.795. The van der Waals surface area contributed by atoms with Gasteiger partial charge in [0, 0.05) is 28.9 Å². The summed E-state index contributed by atoms with van der Waals surface area (Å²) in [6, 6.07) is 13.1. The van der Waals surface area contributed by atoms with Crippen molar-refractivity contribution in [2.75, 3.05) is 13.7 Å². The number of nitrogens with zero attached hydrogens (tertiary/aromatic N) is 2. The number of benzene rings is 1. The Morgan fingerprint density at radius 1 is 1.28 bits per heavy atom. The standard InChI is InChI=1S/C19H22ClN3O2/c1-25-23(13-15-7-2-3-8-16(15)20)18(24)22-14-19(10-6-11-19)17-9-4-5-12-21-17/h2-5,7-9,12H,6,10-11,13-14H2,1H3,(H,22,24). The molecule has 0 bridgehead atoms. The van der Waals surface area contributed by atoms with Gasteiger partial charge in [-0.15, -0.1) is 0 Å². The molecule has 1 saturated carbocycles. The van der Waals surface area contributed by atoms with Crippen LogP contribution in [0.4, 0.5) is 4.79 Å². The van der Waals surface area contributed by atoms with E-state index in [1.807, 2.05) is 36.4 Å². The zero-order valence-corrected chi connectivity index (χ0v) is 15.0. The number of aromatic nitrogens is 1. The molecular formula is C19H22ClN3O2. The Morgan fingerprint density at radius 2 is 2.04 bits per heavy atom. The summed E-state index contributed by atoms with van der Waals surface area (Å²) in [4.78, 5) is 22.3. The molecule has 132 valence electrons. The van der Waals surface area contributed by atoms with Gasteiger partial charge in [-0.1, -0.05) is 42.3 Å². The first kappa shape index (κ1) is 17.7. The molecule has 0 spiro atoms. The molecule has 6 heteroatoms. The maximum absolute atomic E-state index is 12.5. The third kappa shape index (κ3) is 3.94. The fraction of sp³-hybridized carbons (Fsp3) is 0.368. The molecule has 25 heavy (non-hydrogen) atoms. The molecule has 1 aromatic heterocycles. The van der Waals surface area contributed by atoms with Crippen molar-refractivity contribution in [2.45, 2.75) is 31.2 Å². The lowest BCUT2D eigenvalue weighted by Gasteiger charge is -2.41. The number of pyridine rings is 1. The van der Waals surface area contributed by atoms with Gasteiger partial charge in [-0.25, -0.2) is 4.79 Å². The number of amides is 2. The predicted octanol–water partition coefficient (Wildman–Crippen LogP) is 3.93. The van der Waals surface area contributed by atoms with Crippen molar-refractivity contribution < 1.29 is 9.63 Å². The van der Waals surface area contributed by atoms with E-state index in [-0.39, 0.29) is 11.4 Å². The van der Waals surface area contributed by atoms with Gasteiger partial charge in [-0.05, 0) is 36.6 Å². The number of carbonyl (C=O) groups excluding carboxylic acids is 1. The monoisotopic (exact) mass is 359 g/mol. The van der Waals surface area contributed by atoms with Crippen molar-refractivity contribution in [2.24, 2.45) is 0 Å². The van der Waals surface area contributed by atoms with E-state index < -0.39 is 0 Å². The molecule has 0 saturated heterocycles. The highest BCUT2D eigenvalue weighted by molar-refractivity contribution is 6.31. The number of rotatable bonds is 6. The minimum atomic E-state index is -0.273. The topological polar surface area (TPSA) is 54.5 Å². The van der Waals surface area contributed by atoms with Crippen molar-refractivity contribution in [3.63, 3.8) is 0 Å². The van der Waals surface area contributed by atoms with E-state index in [9.17, 15) is 4.79 Å². The van der Waals surface area contributed by atoms with Gasteiger partial charge in [-0.2, -0.15) is 5.06 Å². The van der Waals surface area contributed by atoms with Gasteiger partial charge in [0.05, 0.1) is 13.7 Å². The number of hydrogen-bond acceptors (Lipinski definition) is 3. The Kier molecular flexibility index (Phi) is 5.56. The number of urea groups is 1. The van der Waals surface area contributed by atoms with Crippen molar-refractivity contribution in [1.29, 1.82) is 0 Å². The minimum absolute atomic E-state index is 0.0687. The smallest absolute Gasteiger partial charge is 0.335 e. The van der Waals surface area contributed by atoms with Crippen LogP contribution in [-0.2, 0) is 16.8 Å². The summed E-state index contributed by atoms with van der Waals surface area (Å²) in [7, 11) is 1.48. The fourth-order valence-corrected chi connectivity index (χ4v) is 3.33. The lowest BCUT2D eigenvalue weighted by Crippen LogP contribution is -2.49. The highest BCUT2D eigenvalue weighted by atomic mass is 35.5. The highest BCUT2D eigenvalue weighted by Crippen LogP contribution is 2.42. The number of hydrogen-bond donors (Lipinski definition) is 1. The third-order valence-electron chi connectivity index (χ3n) is 4.82. The maximum Gasteiger partial charge on any atom is 0.341 e. The minimum Gasteiger partial charge on any atom is -0.335 e. The van der Waals surface area contributed by atoms with Gasteiger partial charge in [0.2, 0.25) is 0 Å². The average molecular weight is 360 g/mol. The van der Waals surface area contributed by atoms with Crippen LogP contribution in [0.1, 0.15) is 30.5 Å². The number of halogens is 1. The van der Waals surface area contributed by atoms with Crippen LogP contribution in [0.2, 0.25) is 5.02 Å². The molecule has 1 aliphatic rings. The Labute approximate surface area is 152 Å². The highest BCUT2D eigenvalue weighted by Gasteiger charge is 2.40. The van der Waals surface area contributed by atoms with Gasteiger partial charge in [-0.3, -0.25) is 9.82 Å². The van der Waals surface area contributed by atoms with Crippen LogP contribution in [0, 0.1) is 0 Å². The Balaban J connectivity index is 1.63. The Hall–Kier alpha value is -2.11. The van der Waals surface area contributed by atoms with Crippen LogP contribution in [0.5, 0.6) is 0 Å². The SMILES string of the molecule is CON(Cc1ccccc1Cl)C(=O)NCC1(c2ccccn2)CCC1. The maximum atomic E-state index is 12.5. The molecule has 1 fully saturated rings.